The molecule has 4 aromatic rings. The average molecular weight is 530 g/mol. The van der Waals surface area contributed by atoms with Crippen molar-refractivity contribution in [1.82, 2.24) is 20.3 Å². The molecule has 2 aromatic carbocycles. The highest BCUT2D eigenvalue weighted by molar-refractivity contribution is 7.99. The number of hydrogen-bond donors (Lipinski definition) is 3. The van der Waals surface area contributed by atoms with E-state index >= 15 is 0 Å². The van der Waals surface area contributed by atoms with Crippen LogP contribution in [0.3, 0.4) is 0 Å². The van der Waals surface area contributed by atoms with Crippen LogP contribution in [0.1, 0.15) is 63.0 Å². The molecule has 0 aliphatic heterocycles. The van der Waals surface area contributed by atoms with Crippen LogP contribution in [0.2, 0.25) is 0 Å². The van der Waals surface area contributed by atoms with E-state index in [2.05, 4.69) is 80.0 Å². The number of pyridine rings is 1. The van der Waals surface area contributed by atoms with Crippen LogP contribution in [0.15, 0.2) is 65.8 Å². The van der Waals surface area contributed by atoms with Crippen molar-refractivity contribution >= 4 is 34.6 Å². The molecule has 0 fully saturated rings. The summed E-state index contributed by atoms with van der Waals surface area (Å²) in [5.74, 6) is 0.0865. The molecule has 1 atom stereocenters. The van der Waals surface area contributed by atoms with Gasteiger partial charge in [0.1, 0.15) is 11.9 Å². The van der Waals surface area contributed by atoms with Crippen molar-refractivity contribution in [1.29, 1.82) is 0 Å². The van der Waals surface area contributed by atoms with Crippen molar-refractivity contribution in [3.05, 3.63) is 77.6 Å². The number of primary amides is 1. The predicted molar refractivity (Wildman–Crippen MR) is 154 cm³/mol. The Morgan fingerprint density at radius 1 is 0.974 bits per heavy atom. The first-order valence-electron chi connectivity index (χ1n) is 12.6. The lowest BCUT2D eigenvalue weighted by Gasteiger charge is -2.27. The average Bonchev–Trinajstić information content (AvgIpc) is 3.29. The normalized spacial score (nSPS) is 12.9. The van der Waals surface area contributed by atoms with Crippen molar-refractivity contribution in [3.8, 4) is 11.4 Å². The molecule has 0 spiro atoms. The van der Waals surface area contributed by atoms with E-state index in [9.17, 15) is 9.59 Å². The highest BCUT2D eigenvalue weighted by atomic mass is 32.2. The molecule has 198 valence electrons. The van der Waals surface area contributed by atoms with Crippen molar-refractivity contribution in [3.63, 3.8) is 0 Å². The Balaban J connectivity index is 1.51. The van der Waals surface area contributed by atoms with Crippen LogP contribution in [0.4, 0.5) is 0 Å². The van der Waals surface area contributed by atoms with Crippen molar-refractivity contribution in [2.45, 2.75) is 63.3 Å². The first-order chi connectivity index (χ1) is 17.8. The third kappa shape index (κ3) is 6.25. The second-order valence-corrected chi connectivity index (χ2v) is 12.6. The number of aromatic amines is 1. The summed E-state index contributed by atoms with van der Waals surface area (Å²) >= 11 is 1.53. The van der Waals surface area contributed by atoms with Crippen LogP contribution >= 0.6 is 11.8 Å². The number of imidazole rings is 1. The van der Waals surface area contributed by atoms with E-state index in [0.717, 1.165) is 21.5 Å². The Morgan fingerprint density at radius 3 is 2.32 bits per heavy atom. The molecule has 0 radical (unpaired) electrons. The number of rotatable bonds is 7. The van der Waals surface area contributed by atoms with E-state index in [0.29, 0.717) is 17.1 Å². The number of thioether (sulfide) groups is 1. The number of amides is 2. The van der Waals surface area contributed by atoms with Gasteiger partial charge in [-0.05, 0) is 58.4 Å². The van der Waals surface area contributed by atoms with Crippen LogP contribution < -0.4 is 11.1 Å². The van der Waals surface area contributed by atoms with Gasteiger partial charge in [0.05, 0.1) is 11.0 Å². The van der Waals surface area contributed by atoms with E-state index in [1.165, 1.54) is 22.9 Å². The highest BCUT2D eigenvalue weighted by Crippen LogP contribution is 2.36. The minimum atomic E-state index is -0.826. The maximum absolute atomic E-state index is 13.1. The number of nitrogens with two attached hydrogens (primary N) is 1. The molecule has 2 aromatic heterocycles. The van der Waals surface area contributed by atoms with Gasteiger partial charge in [-0.2, -0.15) is 0 Å². The molecule has 2 heterocycles. The smallest absolute Gasteiger partial charge is 0.252 e. The fourth-order valence-corrected chi connectivity index (χ4v) is 5.39. The lowest BCUT2D eigenvalue weighted by molar-refractivity contribution is -0.119. The molecule has 4 rings (SSSR count). The van der Waals surface area contributed by atoms with Crippen molar-refractivity contribution in [2.24, 2.45) is 5.73 Å². The molecule has 2 amide bonds. The lowest BCUT2D eigenvalue weighted by atomic mass is 9.81. The van der Waals surface area contributed by atoms with Crippen LogP contribution in [-0.4, -0.2) is 38.6 Å². The summed E-state index contributed by atoms with van der Waals surface area (Å²) in [6, 6.07) is 14.6. The molecule has 8 heteroatoms. The van der Waals surface area contributed by atoms with E-state index in [4.69, 9.17) is 5.73 Å². The van der Waals surface area contributed by atoms with E-state index in [1.54, 1.807) is 30.6 Å². The Bertz CT molecular complexity index is 1470. The van der Waals surface area contributed by atoms with Gasteiger partial charge in [0.25, 0.3) is 5.91 Å². The van der Waals surface area contributed by atoms with Crippen molar-refractivity contribution in [2.75, 3.05) is 5.75 Å². The fourth-order valence-electron chi connectivity index (χ4n) is 4.12. The SMILES string of the molecule is CC(C)(C)c1ccc(SCC(NC(=O)c2ccc3nc(-c4ccncc4)[nH]c3c2)C(N)=O)c(C(C)(C)C)c1. The standard InChI is InChI=1S/C30H35N5O2S/c1-29(2,3)20-8-10-25(21(16-20)30(4,5)6)38-17-24(26(31)36)35-28(37)19-7-9-22-23(15-19)34-27(33-22)18-11-13-32-14-12-18/h7-16,24H,17H2,1-6H3,(H2,31,36)(H,33,34)(H,35,37). The minimum Gasteiger partial charge on any atom is -0.368 e. The third-order valence-electron chi connectivity index (χ3n) is 6.41. The first-order valence-corrected chi connectivity index (χ1v) is 13.6. The number of nitrogens with zero attached hydrogens (tertiary/aromatic N) is 2. The summed E-state index contributed by atoms with van der Waals surface area (Å²) in [5.41, 5.74) is 10.9. The van der Waals surface area contributed by atoms with Crippen LogP contribution in [0.25, 0.3) is 22.4 Å². The summed E-state index contributed by atoms with van der Waals surface area (Å²) in [4.78, 5) is 38.4. The highest BCUT2D eigenvalue weighted by Gasteiger charge is 2.25. The molecule has 0 aliphatic rings. The van der Waals surface area contributed by atoms with Gasteiger partial charge in [-0.25, -0.2) is 4.98 Å². The van der Waals surface area contributed by atoms with Crippen LogP contribution in [0.5, 0.6) is 0 Å². The summed E-state index contributed by atoms with van der Waals surface area (Å²) in [6.45, 7) is 13.1. The van der Waals surface area contributed by atoms with E-state index in [-0.39, 0.29) is 16.7 Å². The van der Waals surface area contributed by atoms with Gasteiger partial charge in [-0.3, -0.25) is 14.6 Å². The van der Waals surface area contributed by atoms with Crippen LogP contribution in [-0.2, 0) is 15.6 Å². The van der Waals surface area contributed by atoms with E-state index < -0.39 is 11.9 Å². The molecule has 0 bridgehead atoms. The molecule has 0 saturated carbocycles. The van der Waals surface area contributed by atoms with Gasteiger partial charge in [0.2, 0.25) is 5.91 Å². The second-order valence-electron chi connectivity index (χ2n) is 11.5. The zero-order chi connectivity index (χ0) is 27.7. The number of carbonyl (C=O) groups excluding carboxylic acids is 2. The molecular weight excluding hydrogens is 494 g/mol. The monoisotopic (exact) mass is 529 g/mol. The topological polar surface area (TPSA) is 114 Å². The molecule has 0 aliphatic carbocycles. The zero-order valence-corrected chi connectivity index (χ0v) is 23.6. The van der Waals surface area contributed by atoms with Gasteiger partial charge < -0.3 is 16.0 Å². The Labute approximate surface area is 228 Å². The minimum absolute atomic E-state index is 0.0295. The lowest BCUT2D eigenvalue weighted by Crippen LogP contribution is -2.46. The fraction of sp³-hybridized carbons (Fsp3) is 0.333. The summed E-state index contributed by atoms with van der Waals surface area (Å²) in [6.07, 6.45) is 3.40. The van der Waals surface area contributed by atoms with Gasteiger partial charge in [0.15, 0.2) is 0 Å². The van der Waals surface area contributed by atoms with Gasteiger partial charge in [-0.1, -0.05) is 53.7 Å². The predicted octanol–water partition coefficient (Wildman–Crippen LogP) is 5.60. The molecule has 0 saturated heterocycles. The molecule has 7 nitrogen and oxygen atoms in total. The van der Waals surface area contributed by atoms with Crippen LogP contribution in [0, 0.1) is 0 Å². The maximum Gasteiger partial charge on any atom is 0.252 e. The van der Waals surface area contributed by atoms with Gasteiger partial charge in [0, 0.05) is 34.2 Å². The van der Waals surface area contributed by atoms with Crippen molar-refractivity contribution < 1.29 is 9.59 Å². The van der Waals surface area contributed by atoms with E-state index in [1.807, 2.05) is 12.1 Å². The number of H-pyrrole nitrogens is 1. The Hall–Kier alpha value is -3.65. The third-order valence-corrected chi connectivity index (χ3v) is 7.57. The number of fused-ring (bicyclic) bond motifs is 1. The molecule has 4 N–H and O–H groups in total. The first kappa shape index (κ1) is 27.4. The molecule has 38 heavy (non-hydrogen) atoms. The number of carbonyl (C=O) groups is 2. The summed E-state index contributed by atoms with van der Waals surface area (Å²) in [5, 5.41) is 2.82. The Morgan fingerprint density at radius 2 is 1.68 bits per heavy atom. The Kier molecular flexibility index (Phi) is 7.65. The zero-order valence-electron chi connectivity index (χ0n) is 22.8. The summed E-state index contributed by atoms with van der Waals surface area (Å²) < 4.78 is 0. The molecular formula is C30H35N5O2S. The largest absolute Gasteiger partial charge is 0.368 e. The number of hydrogen-bond acceptors (Lipinski definition) is 5. The summed E-state index contributed by atoms with van der Waals surface area (Å²) in [7, 11) is 0. The second kappa shape index (κ2) is 10.6. The number of benzene rings is 2. The van der Waals surface area contributed by atoms with Gasteiger partial charge in [-0.15, -0.1) is 11.8 Å². The number of nitrogens with one attached hydrogen (secondary N) is 2. The number of aromatic nitrogens is 3. The molecule has 1 unspecified atom stereocenters. The van der Waals surface area contributed by atoms with Gasteiger partial charge >= 0.3 is 0 Å². The quantitative estimate of drug-likeness (QED) is 0.270. The maximum atomic E-state index is 13.1.